The van der Waals surface area contributed by atoms with Crippen LogP contribution in [0, 0.1) is 0 Å². The molecule has 0 rings (SSSR count). The number of rotatable bonds is 6. The molecular formula is C9H20O3Si2. The fourth-order valence-electron chi connectivity index (χ4n) is 1.21. The summed E-state index contributed by atoms with van der Waals surface area (Å²) in [6, 6.07) is 0.673. The van der Waals surface area contributed by atoms with Crippen LogP contribution >= 0.6 is 0 Å². The summed E-state index contributed by atoms with van der Waals surface area (Å²) in [5.41, 5.74) is 1.89. The number of hydrogen-bond acceptors (Lipinski definition) is 2. The molecule has 0 unspecified atom stereocenters. The zero-order valence-electron chi connectivity index (χ0n) is 9.46. The molecule has 0 bridgehead atoms. The minimum atomic E-state index is -1.81. The first-order valence-corrected chi connectivity index (χ1v) is 10.8. The first-order chi connectivity index (χ1) is 6.18. The topological polar surface area (TPSA) is 46.5 Å². The minimum absolute atomic E-state index is 0.209. The lowest BCUT2D eigenvalue weighted by molar-refractivity contribution is -0.136. The van der Waals surface area contributed by atoms with E-state index in [0.717, 1.165) is 0 Å². The molecule has 82 valence electrons. The SMILES string of the molecule is C=C[Si](C)(C)O[Si](C)(C)CCC(=O)O. The molecule has 0 amide bonds. The number of carboxylic acid groups (broad SMARTS) is 1. The normalized spacial score (nSPS) is 12.6. The van der Waals surface area contributed by atoms with Crippen molar-refractivity contribution in [3.8, 4) is 0 Å². The summed E-state index contributed by atoms with van der Waals surface area (Å²) in [6.07, 6.45) is 0.209. The summed E-state index contributed by atoms with van der Waals surface area (Å²) >= 11 is 0. The van der Waals surface area contributed by atoms with Gasteiger partial charge in [0.1, 0.15) is 0 Å². The monoisotopic (exact) mass is 232 g/mol. The van der Waals surface area contributed by atoms with E-state index in [1.54, 1.807) is 0 Å². The van der Waals surface area contributed by atoms with Crippen molar-refractivity contribution in [3.63, 3.8) is 0 Å². The summed E-state index contributed by atoms with van der Waals surface area (Å²) < 4.78 is 6.02. The average Bonchev–Trinajstić information content (AvgIpc) is 1.99. The molecule has 0 saturated carbocycles. The van der Waals surface area contributed by atoms with Gasteiger partial charge in [-0.25, -0.2) is 0 Å². The van der Waals surface area contributed by atoms with Gasteiger partial charge < -0.3 is 9.22 Å². The summed E-state index contributed by atoms with van der Waals surface area (Å²) in [5.74, 6) is -0.743. The maximum atomic E-state index is 10.4. The van der Waals surface area contributed by atoms with Gasteiger partial charge >= 0.3 is 5.97 Å². The highest BCUT2D eigenvalue weighted by Crippen LogP contribution is 2.20. The molecule has 14 heavy (non-hydrogen) atoms. The standard InChI is InChI=1S/C9H20O3Si2/c1-6-13(2,3)12-14(4,5)8-7-9(10)11/h6H,1,7-8H2,2-5H3,(H,10,11). The fraction of sp³-hybridized carbons (Fsp3) is 0.667. The van der Waals surface area contributed by atoms with Gasteiger partial charge in [0.2, 0.25) is 0 Å². The van der Waals surface area contributed by atoms with E-state index < -0.39 is 22.6 Å². The zero-order valence-corrected chi connectivity index (χ0v) is 11.5. The third-order valence-corrected chi connectivity index (χ3v) is 8.72. The minimum Gasteiger partial charge on any atom is -0.481 e. The molecule has 0 atom stereocenters. The third kappa shape index (κ3) is 6.12. The molecule has 3 nitrogen and oxygen atoms in total. The highest BCUT2D eigenvalue weighted by atomic mass is 28.4. The highest BCUT2D eigenvalue weighted by molar-refractivity contribution is 6.87. The second-order valence-electron chi connectivity index (χ2n) is 4.56. The summed E-state index contributed by atoms with van der Waals surface area (Å²) in [6.45, 7) is 12.0. The van der Waals surface area contributed by atoms with Crippen molar-refractivity contribution in [2.24, 2.45) is 0 Å². The van der Waals surface area contributed by atoms with Gasteiger partial charge in [0.05, 0.1) is 0 Å². The van der Waals surface area contributed by atoms with E-state index in [-0.39, 0.29) is 6.42 Å². The molecule has 0 spiro atoms. The van der Waals surface area contributed by atoms with Gasteiger partial charge in [-0.15, -0.1) is 6.58 Å². The van der Waals surface area contributed by atoms with Crippen molar-refractivity contribution in [2.75, 3.05) is 0 Å². The van der Waals surface area contributed by atoms with Crippen LogP contribution in [0.3, 0.4) is 0 Å². The van der Waals surface area contributed by atoms with Gasteiger partial charge in [-0.2, -0.15) is 0 Å². The molecule has 0 heterocycles. The van der Waals surface area contributed by atoms with Crippen molar-refractivity contribution in [2.45, 2.75) is 38.7 Å². The Hall–Kier alpha value is -0.396. The van der Waals surface area contributed by atoms with E-state index in [2.05, 4.69) is 32.8 Å². The Morgan fingerprint density at radius 3 is 2.29 bits per heavy atom. The van der Waals surface area contributed by atoms with Gasteiger partial charge in [-0.05, 0) is 32.2 Å². The fourth-order valence-corrected chi connectivity index (χ4v) is 8.47. The number of hydrogen-bond donors (Lipinski definition) is 1. The maximum absolute atomic E-state index is 10.4. The van der Waals surface area contributed by atoms with Crippen LogP contribution in [0.1, 0.15) is 6.42 Å². The van der Waals surface area contributed by atoms with E-state index in [9.17, 15) is 4.79 Å². The molecule has 0 aromatic carbocycles. The molecule has 0 aromatic heterocycles. The molecule has 0 saturated heterocycles. The largest absolute Gasteiger partial charge is 0.481 e. The van der Waals surface area contributed by atoms with E-state index >= 15 is 0 Å². The third-order valence-electron chi connectivity index (χ3n) is 1.97. The van der Waals surface area contributed by atoms with E-state index in [0.29, 0.717) is 6.04 Å². The zero-order chi connectivity index (χ0) is 11.4. The van der Waals surface area contributed by atoms with Gasteiger partial charge in [0, 0.05) is 6.42 Å². The Balaban J connectivity index is 4.19. The lowest BCUT2D eigenvalue weighted by Gasteiger charge is -2.31. The van der Waals surface area contributed by atoms with Crippen LogP contribution in [0.2, 0.25) is 32.2 Å². The Bertz CT molecular complexity index is 224. The average molecular weight is 232 g/mol. The molecular weight excluding hydrogens is 212 g/mol. The Morgan fingerprint density at radius 1 is 1.43 bits per heavy atom. The Morgan fingerprint density at radius 2 is 1.93 bits per heavy atom. The van der Waals surface area contributed by atoms with Crippen LogP contribution in [0.4, 0.5) is 0 Å². The second-order valence-corrected chi connectivity index (χ2v) is 13.0. The molecule has 0 aliphatic rings. The Labute approximate surface area is 88.0 Å². The molecule has 5 heteroatoms. The van der Waals surface area contributed by atoms with Gasteiger partial charge in [0.25, 0.3) is 0 Å². The lowest BCUT2D eigenvalue weighted by Crippen LogP contribution is -2.43. The van der Waals surface area contributed by atoms with Crippen LogP contribution in [-0.4, -0.2) is 27.7 Å². The van der Waals surface area contributed by atoms with Crippen molar-refractivity contribution in [1.82, 2.24) is 0 Å². The van der Waals surface area contributed by atoms with E-state index in [1.807, 2.05) is 5.70 Å². The van der Waals surface area contributed by atoms with Crippen LogP contribution < -0.4 is 0 Å². The maximum Gasteiger partial charge on any atom is 0.303 e. The first-order valence-electron chi connectivity index (χ1n) is 4.74. The molecule has 0 fully saturated rings. The van der Waals surface area contributed by atoms with Gasteiger partial charge in [-0.1, -0.05) is 5.70 Å². The molecule has 0 aromatic rings. The Kier molecular flexibility index (Phi) is 4.76. The molecule has 0 aliphatic carbocycles. The van der Waals surface area contributed by atoms with Crippen molar-refractivity contribution < 1.29 is 14.0 Å². The number of carbonyl (C=O) groups is 1. The van der Waals surface area contributed by atoms with Gasteiger partial charge in [0.15, 0.2) is 16.6 Å². The highest BCUT2D eigenvalue weighted by Gasteiger charge is 2.31. The molecule has 0 aliphatic heterocycles. The van der Waals surface area contributed by atoms with Crippen LogP contribution in [0.15, 0.2) is 12.3 Å². The lowest BCUT2D eigenvalue weighted by atomic mass is 10.5. The molecule has 1 N–H and O–H groups in total. The van der Waals surface area contributed by atoms with Crippen molar-refractivity contribution in [3.05, 3.63) is 12.3 Å². The predicted octanol–water partition coefficient (Wildman–Crippen LogP) is 2.61. The number of carboxylic acids is 1. The summed E-state index contributed by atoms with van der Waals surface area (Å²) in [4.78, 5) is 10.4. The second kappa shape index (κ2) is 4.90. The summed E-state index contributed by atoms with van der Waals surface area (Å²) in [7, 11) is -3.56. The van der Waals surface area contributed by atoms with E-state index in [1.165, 1.54) is 0 Å². The van der Waals surface area contributed by atoms with Crippen LogP contribution in [0.25, 0.3) is 0 Å². The quantitative estimate of drug-likeness (QED) is 0.716. The van der Waals surface area contributed by atoms with E-state index in [4.69, 9.17) is 9.22 Å². The van der Waals surface area contributed by atoms with Crippen LogP contribution in [-0.2, 0) is 8.91 Å². The van der Waals surface area contributed by atoms with Crippen molar-refractivity contribution >= 4 is 22.6 Å². The summed E-state index contributed by atoms with van der Waals surface area (Å²) in [5, 5.41) is 8.59. The van der Waals surface area contributed by atoms with Crippen LogP contribution in [0.5, 0.6) is 0 Å². The first kappa shape index (κ1) is 13.6. The van der Waals surface area contributed by atoms with Crippen molar-refractivity contribution in [1.29, 1.82) is 0 Å². The molecule has 0 radical (unpaired) electrons. The number of aliphatic carboxylic acids is 1. The van der Waals surface area contributed by atoms with Gasteiger partial charge in [-0.3, -0.25) is 4.79 Å². The predicted molar refractivity (Wildman–Crippen MR) is 63.3 cm³/mol. The smallest absolute Gasteiger partial charge is 0.303 e.